The van der Waals surface area contributed by atoms with Gasteiger partial charge in [-0.3, -0.25) is 0 Å². The number of hydrogen-bond acceptors (Lipinski definition) is 0. The predicted molar refractivity (Wildman–Crippen MR) is 23.8 cm³/mol. The fourth-order valence-electron chi connectivity index (χ4n) is 0. The Morgan fingerprint density at radius 1 is 1.00 bits per heavy atom. The summed E-state index contributed by atoms with van der Waals surface area (Å²) < 4.78 is 0. The fourth-order valence-corrected chi connectivity index (χ4v) is 0. The molecular weight excluding hydrogens is 221 g/mol. The van der Waals surface area contributed by atoms with Crippen molar-refractivity contribution >= 4 is 19.4 Å². The molecule has 0 aromatic rings. The van der Waals surface area contributed by atoms with Gasteiger partial charge in [0.1, 0.15) is 0 Å². The maximum Gasteiger partial charge on any atom is 0 e. The van der Waals surface area contributed by atoms with E-state index in [9.17, 15) is 0 Å². The average molecular weight is 229 g/mol. The maximum absolute atomic E-state index is 0. The number of hydrogen-bond donors (Lipinski definition) is 0. The minimum atomic E-state index is 0. The van der Waals surface area contributed by atoms with E-state index in [4.69, 9.17) is 0 Å². The van der Waals surface area contributed by atoms with Gasteiger partial charge >= 0.3 is 0 Å². The van der Waals surface area contributed by atoms with Crippen LogP contribution in [0.2, 0.25) is 0 Å². The summed E-state index contributed by atoms with van der Waals surface area (Å²) in [6.45, 7) is 0. The van der Waals surface area contributed by atoms with Gasteiger partial charge in [-0.2, -0.15) is 0 Å². The molecule has 0 saturated carbocycles. The molecule has 0 spiro atoms. The molecule has 0 N–H and O–H groups in total. The summed E-state index contributed by atoms with van der Waals surface area (Å²) >= 11 is 0. The molecule has 0 aromatic carbocycles. The topological polar surface area (TPSA) is 0 Å². The second-order valence-electron chi connectivity index (χ2n) is 0. The van der Waals surface area contributed by atoms with Gasteiger partial charge in [-0.05, 0) is 11.0 Å². The quantitative estimate of drug-likeness (QED) is 0.458. The third kappa shape index (κ3) is 39.1. The molecule has 0 amide bonds. The van der Waals surface area contributed by atoms with Crippen molar-refractivity contribution in [3.63, 3.8) is 0 Å². The average Bonchev–Trinajstić information content (AvgIpc) is 0. The Labute approximate surface area is 79.0 Å². The van der Waals surface area contributed by atoms with E-state index in [0.29, 0.717) is 0 Å². The van der Waals surface area contributed by atoms with Gasteiger partial charge < -0.3 is 0 Å². The van der Waals surface area contributed by atoms with Gasteiger partial charge in [0.15, 0.2) is 0 Å². The van der Waals surface area contributed by atoms with Crippen LogP contribution in [0.5, 0.6) is 0 Å². The maximum atomic E-state index is 0. The molecule has 0 saturated heterocycles. The Morgan fingerprint density at radius 3 is 1.00 bits per heavy atom. The zero-order valence-corrected chi connectivity index (χ0v) is 5.12. The second-order valence-corrected chi connectivity index (χ2v) is 0. The summed E-state index contributed by atoms with van der Waals surface area (Å²) in [5.74, 6) is 0. The predicted octanol–water partition coefficient (Wildman–Crippen LogP) is -1.20. The molecule has 0 aromatic heterocycles. The molecular formula is CH8BCuFeSiV. The molecule has 0 nitrogen and oxygen atoms in total. The molecule has 0 fully saturated rings. The van der Waals surface area contributed by atoms with Gasteiger partial charge in [-0.1, -0.05) is 7.43 Å². The Kier molecular flexibility index (Phi) is 1150. The van der Waals surface area contributed by atoms with Crippen molar-refractivity contribution in [2.45, 2.75) is 7.43 Å². The second kappa shape index (κ2) is 66.3. The first kappa shape index (κ1) is 104. The van der Waals surface area contributed by atoms with E-state index >= 15 is 0 Å². The van der Waals surface area contributed by atoms with E-state index < -0.39 is 0 Å². The van der Waals surface area contributed by atoms with E-state index in [1.807, 2.05) is 0 Å². The van der Waals surface area contributed by atoms with Crippen molar-refractivity contribution in [2.75, 3.05) is 0 Å². The van der Waals surface area contributed by atoms with Crippen LogP contribution in [0.4, 0.5) is 0 Å². The monoisotopic (exact) mass is 229 g/mol. The minimum Gasteiger partial charge on any atom is -0.0776 e. The van der Waals surface area contributed by atoms with Crippen molar-refractivity contribution in [3.05, 3.63) is 0 Å². The Bertz CT molecular complexity index is 15.5. The van der Waals surface area contributed by atoms with Crippen LogP contribution in [-0.2, 0) is 52.7 Å². The zero-order valence-electron chi connectivity index (χ0n) is 1.68. The van der Waals surface area contributed by atoms with Crippen molar-refractivity contribution < 1.29 is 52.7 Å². The largest absolute Gasteiger partial charge is 0.0776 e. The van der Waals surface area contributed by atoms with Crippen molar-refractivity contribution in [1.82, 2.24) is 0 Å². The van der Waals surface area contributed by atoms with Crippen molar-refractivity contribution in [2.24, 2.45) is 0 Å². The third-order valence-corrected chi connectivity index (χ3v) is 0. The summed E-state index contributed by atoms with van der Waals surface area (Å²) in [5.41, 5.74) is 0. The molecule has 0 aliphatic rings. The van der Waals surface area contributed by atoms with E-state index in [1.165, 1.54) is 0 Å². The first-order chi connectivity index (χ1) is 0. The van der Waals surface area contributed by atoms with Gasteiger partial charge in [0.05, 0.1) is 0 Å². The molecule has 0 atom stereocenters. The summed E-state index contributed by atoms with van der Waals surface area (Å²) in [6, 6.07) is 0. The van der Waals surface area contributed by atoms with Gasteiger partial charge in [-0.15, -0.1) is 0 Å². The molecule has 0 rings (SSSR count). The standard InChI is InChI=1S/CH4.B.Cu.Fe.H4Si.V/h1H4;;;;1H4;. The fraction of sp³-hybridized carbons (Fsp3) is 1.00. The molecule has 0 aliphatic heterocycles. The first-order valence-corrected chi connectivity index (χ1v) is 0. The number of rotatable bonds is 0. The molecule has 0 bridgehead atoms. The van der Waals surface area contributed by atoms with E-state index in [2.05, 4.69) is 0 Å². The summed E-state index contributed by atoms with van der Waals surface area (Å²) in [4.78, 5) is 0. The summed E-state index contributed by atoms with van der Waals surface area (Å²) in [6.07, 6.45) is 0. The summed E-state index contributed by atoms with van der Waals surface area (Å²) in [5, 5.41) is 0. The van der Waals surface area contributed by atoms with Gasteiger partial charge in [-0.25, -0.2) is 0 Å². The van der Waals surface area contributed by atoms with Crippen LogP contribution in [0.15, 0.2) is 0 Å². The third-order valence-electron chi connectivity index (χ3n) is 0. The molecule has 0 unspecified atom stereocenters. The van der Waals surface area contributed by atoms with E-state index in [0.717, 1.165) is 0 Å². The van der Waals surface area contributed by atoms with Gasteiger partial charge in [0.25, 0.3) is 0 Å². The Hall–Kier alpha value is 1.91. The minimum absolute atomic E-state index is 0. The Morgan fingerprint density at radius 2 is 1.00 bits per heavy atom. The van der Waals surface area contributed by atoms with Crippen LogP contribution >= 0.6 is 0 Å². The van der Waals surface area contributed by atoms with Crippen molar-refractivity contribution in [1.29, 1.82) is 0 Å². The molecule has 5 heteroatoms. The molecule has 6 heavy (non-hydrogen) atoms. The smallest absolute Gasteiger partial charge is 0 e. The van der Waals surface area contributed by atoms with Crippen LogP contribution in [0, 0.1) is 0 Å². The zero-order chi connectivity index (χ0) is 0. The van der Waals surface area contributed by atoms with Gasteiger partial charge in [0.2, 0.25) is 0 Å². The molecule has 5 radical (unpaired) electrons. The van der Waals surface area contributed by atoms with E-state index in [1.54, 1.807) is 0 Å². The van der Waals surface area contributed by atoms with Crippen LogP contribution in [0.3, 0.4) is 0 Å². The van der Waals surface area contributed by atoms with Crippen LogP contribution in [0.25, 0.3) is 0 Å². The van der Waals surface area contributed by atoms with Crippen LogP contribution in [-0.4, -0.2) is 19.4 Å². The normalized spacial score (nSPS) is 0. The van der Waals surface area contributed by atoms with E-state index in [-0.39, 0.29) is 79.5 Å². The summed E-state index contributed by atoms with van der Waals surface area (Å²) in [7, 11) is 0. The van der Waals surface area contributed by atoms with Gasteiger partial charge in [0, 0.05) is 61.1 Å². The first-order valence-electron chi connectivity index (χ1n) is 0. The molecule has 0 heterocycles. The molecule has 0 aliphatic carbocycles. The Balaban J connectivity index is 0. The van der Waals surface area contributed by atoms with Crippen LogP contribution < -0.4 is 0 Å². The van der Waals surface area contributed by atoms with Crippen LogP contribution in [0.1, 0.15) is 7.43 Å². The molecule has 43 valence electrons. The van der Waals surface area contributed by atoms with Crippen molar-refractivity contribution in [3.8, 4) is 0 Å². The SMILES string of the molecule is C.[B].[Cu].[Fe].[SiH4].[V].